The van der Waals surface area contributed by atoms with Gasteiger partial charge in [0.15, 0.2) is 5.82 Å². The summed E-state index contributed by atoms with van der Waals surface area (Å²) < 4.78 is 43.0. The minimum atomic E-state index is -4.45. The van der Waals surface area contributed by atoms with Crippen LogP contribution < -0.4 is 5.32 Å². The summed E-state index contributed by atoms with van der Waals surface area (Å²) >= 11 is 0. The molecule has 0 bridgehead atoms. The number of hydrogen-bond donors (Lipinski definition) is 2. The van der Waals surface area contributed by atoms with Crippen molar-refractivity contribution in [3.8, 4) is 11.1 Å². The highest BCUT2D eigenvalue weighted by Gasteiger charge is 2.33. The average molecular weight is 692 g/mol. The van der Waals surface area contributed by atoms with E-state index in [1.807, 2.05) is 50.4 Å². The van der Waals surface area contributed by atoms with E-state index < -0.39 is 11.7 Å². The molecule has 0 aliphatic carbocycles. The molecule has 2 N–H and O–H groups in total. The summed E-state index contributed by atoms with van der Waals surface area (Å²) in [5.74, 6) is 0.659. The molecule has 1 atom stereocenters. The van der Waals surface area contributed by atoms with Crippen LogP contribution in [-0.2, 0) is 19.3 Å². The van der Waals surface area contributed by atoms with Gasteiger partial charge in [0.25, 0.3) is 0 Å². The Morgan fingerprint density at radius 2 is 1.59 bits per heavy atom. The monoisotopic (exact) mass is 691 g/mol. The highest BCUT2D eigenvalue weighted by Crippen LogP contribution is 2.37. The van der Waals surface area contributed by atoms with Crippen molar-refractivity contribution in [2.24, 2.45) is 0 Å². The first-order valence-electron chi connectivity index (χ1n) is 17.8. The third-order valence-corrected chi connectivity index (χ3v) is 10.4. The second kappa shape index (κ2) is 14.6. The summed E-state index contributed by atoms with van der Waals surface area (Å²) in [6, 6.07) is 19.1. The molecular formula is C42H44F3N5O. The smallest absolute Gasteiger partial charge is 0.392 e. The molecule has 5 aromatic rings. The van der Waals surface area contributed by atoms with Crippen LogP contribution in [0.2, 0.25) is 0 Å². The zero-order valence-electron chi connectivity index (χ0n) is 29.4. The Kier molecular flexibility index (Phi) is 9.97. The van der Waals surface area contributed by atoms with Gasteiger partial charge < -0.3 is 10.4 Å². The Labute approximate surface area is 297 Å². The highest BCUT2D eigenvalue weighted by atomic mass is 19.4. The van der Waals surface area contributed by atoms with Gasteiger partial charge >= 0.3 is 6.18 Å². The van der Waals surface area contributed by atoms with Gasteiger partial charge in [-0.3, -0.25) is 14.8 Å². The van der Waals surface area contributed by atoms with E-state index in [-0.39, 0.29) is 11.7 Å². The van der Waals surface area contributed by atoms with Crippen molar-refractivity contribution in [2.45, 2.75) is 65.4 Å². The van der Waals surface area contributed by atoms with Crippen molar-refractivity contribution in [3.63, 3.8) is 0 Å². The standard InChI is InChI=1S/C42H44F3N5O/c1-27-20-32(38(42(43,44)45)22-34(27)25-49-17-4-5-18-49)13-12-31-8-6-9-36(28(31)2)37-10-7-11-39(29(37)3)48-41-40-33(14-16-46-41)21-30(23-47-40)24-50-19-15-35(51)26-50/h6-14,16,20-23,35,51H,4-5,15,17-19,24-26H2,1-3H3,(H,46,48)/b13-12+/t35-/m1/s1. The van der Waals surface area contributed by atoms with Crippen molar-refractivity contribution < 1.29 is 18.3 Å². The number of β-amino-alcohol motifs (C(OH)–C–C–N with tert-alkyl or cyclic N) is 1. The van der Waals surface area contributed by atoms with Gasteiger partial charge in [-0.25, -0.2) is 4.98 Å². The Hall–Kier alpha value is -4.57. The fourth-order valence-electron chi connectivity index (χ4n) is 7.50. The lowest BCUT2D eigenvalue weighted by molar-refractivity contribution is -0.137. The van der Waals surface area contributed by atoms with Crippen LogP contribution in [0.3, 0.4) is 0 Å². The summed E-state index contributed by atoms with van der Waals surface area (Å²) in [5, 5.41) is 14.4. The Morgan fingerprint density at radius 3 is 2.33 bits per heavy atom. The van der Waals surface area contributed by atoms with Crippen LogP contribution in [0.1, 0.15) is 63.8 Å². The minimum absolute atomic E-state index is 0.176. The van der Waals surface area contributed by atoms with E-state index >= 15 is 0 Å². The maximum Gasteiger partial charge on any atom is 0.416 e. The van der Waals surface area contributed by atoms with Gasteiger partial charge in [0.1, 0.15) is 5.52 Å². The zero-order valence-corrected chi connectivity index (χ0v) is 29.4. The van der Waals surface area contributed by atoms with E-state index in [9.17, 15) is 18.3 Å². The molecule has 2 aromatic heterocycles. The van der Waals surface area contributed by atoms with Crippen molar-refractivity contribution in [3.05, 3.63) is 118 Å². The van der Waals surface area contributed by atoms with Crippen LogP contribution >= 0.6 is 0 Å². The topological polar surface area (TPSA) is 64.5 Å². The number of nitrogens with zero attached hydrogens (tertiary/aromatic N) is 4. The van der Waals surface area contributed by atoms with Crippen LogP contribution in [0.5, 0.6) is 0 Å². The third-order valence-electron chi connectivity index (χ3n) is 10.4. The summed E-state index contributed by atoms with van der Waals surface area (Å²) in [6.07, 6.45) is 5.34. The van der Waals surface area contributed by atoms with Crippen LogP contribution in [-0.4, -0.2) is 57.2 Å². The molecule has 2 aliphatic rings. The van der Waals surface area contributed by atoms with E-state index in [0.29, 0.717) is 18.9 Å². The number of anilines is 2. The van der Waals surface area contributed by atoms with Crippen molar-refractivity contribution in [2.75, 3.05) is 31.5 Å². The quantitative estimate of drug-likeness (QED) is 0.150. The maximum absolute atomic E-state index is 14.3. The summed E-state index contributed by atoms with van der Waals surface area (Å²) in [5.41, 5.74) is 8.84. The van der Waals surface area contributed by atoms with Gasteiger partial charge in [-0.1, -0.05) is 48.6 Å². The second-order valence-corrected chi connectivity index (χ2v) is 14.1. The normalized spacial score (nSPS) is 17.3. The van der Waals surface area contributed by atoms with E-state index in [1.165, 1.54) is 6.07 Å². The Balaban J connectivity index is 1.14. The lowest BCUT2D eigenvalue weighted by atomic mass is 9.92. The van der Waals surface area contributed by atoms with E-state index in [4.69, 9.17) is 4.98 Å². The molecule has 0 radical (unpaired) electrons. The molecule has 4 heterocycles. The number of pyridine rings is 2. The molecular weight excluding hydrogens is 647 g/mol. The average Bonchev–Trinajstić information content (AvgIpc) is 3.77. The lowest BCUT2D eigenvalue weighted by Gasteiger charge is -2.20. The molecule has 3 aromatic carbocycles. The number of aliphatic hydroxyl groups excluding tert-OH is 1. The summed E-state index contributed by atoms with van der Waals surface area (Å²) in [4.78, 5) is 13.9. The first-order chi connectivity index (χ1) is 24.5. The molecule has 7 rings (SSSR count). The van der Waals surface area contributed by atoms with Gasteiger partial charge in [0.2, 0.25) is 0 Å². The van der Waals surface area contributed by atoms with Crippen molar-refractivity contribution in [1.29, 1.82) is 0 Å². The first kappa shape index (κ1) is 34.9. The van der Waals surface area contributed by atoms with Crippen LogP contribution in [0, 0.1) is 20.8 Å². The van der Waals surface area contributed by atoms with Gasteiger partial charge in [0, 0.05) is 49.6 Å². The number of fused-ring (bicyclic) bond motifs is 1. The second-order valence-electron chi connectivity index (χ2n) is 14.1. The number of aryl methyl sites for hydroxylation is 1. The number of aliphatic hydroxyl groups is 1. The van der Waals surface area contributed by atoms with Gasteiger partial charge in [-0.2, -0.15) is 13.2 Å². The molecule has 0 saturated carbocycles. The number of halogens is 3. The molecule has 0 spiro atoms. The molecule has 6 nitrogen and oxygen atoms in total. The van der Waals surface area contributed by atoms with E-state index in [1.54, 1.807) is 24.4 Å². The van der Waals surface area contributed by atoms with Crippen LogP contribution in [0.25, 0.3) is 34.2 Å². The first-order valence-corrected chi connectivity index (χ1v) is 17.8. The predicted molar refractivity (Wildman–Crippen MR) is 200 cm³/mol. The number of alkyl halides is 3. The van der Waals surface area contributed by atoms with Gasteiger partial charge in [0.05, 0.1) is 11.7 Å². The lowest BCUT2D eigenvalue weighted by Crippen LogP contribution is -2.21. The van der Waals surface area contributed by atoms with E-state index in [2.05, 4.69) is 45.2 Å². The molecule has 2 saturated heterocycles. The summed E-state index contributed by atoms with van der Waals surface area (Å²) in [6.45, 7) is 10.7. The van der Waals surface area contributed by atoms with Crippen molar-refractivity contribution >= 4 is 34.6 Å². The van der Waals surface area contributed by atoms with Crippen LogP contribution in [0.4, 0.5) is 24.7 Å². The largest absolute Gasteiger partial charge is 0.416 e. The molecule has 9 heteroatoms. The molecule has 51 heavy (non-hydrogen) atoms. The molecule has 2 fully saturated rings. The maximum atomic E-state index is 14.3. The Bertz CT molecular complexity index is 2090. The number of hydrogen-bond acceptors (Lipinski definition) is 6. The summed E-state index contributed by atoms with van der Waals surface area (Å²) in [7, 11) is 0. The van der Waals surface area contributed by atoms with E-state index in [0.717, 1.165) is 107 Å². The number of likely N-dealkylation sites (tertiary alicyclic amines) is 2. The predicted octanol–water partition coefficient (Wildman–Crippen LogP) is 9.32. The number of benzene rings is 3. The molecule has 2 aliphatic heterocycles. The number of aromatic nitrogens is 2. The van der Waals surface area contributed by atoms with Crippen LogP contribution in [0.15, 0.2) is 73.1 Å². The number of rotatable bonds is 9. The van der Waals surface area contributed by atoms with Crippen molar-refractivity contribution in [1.82, 2.24) is 19.8 Å². The third kappa shape index (κ3) is 7.71. The molecule has 0 amide bonds. The molecule has 264 valence electrons. The fraction of sp³-hybridized carbons (Fsp3) is 0.333. The number of nitrogens with one attached hydrogen (secondary N) is 1. The Morgan fingerprint density at radius 1 is 0.843 bits per heavy atom. The van der Waals surface area contributed by atoms with Gasteiger partial charge in [-0.15, -0.1) is 0 Å². The van der Waals surface area contributed by atoms with Gasteiger partial charge in [-0.05, 0) is 127 Å². The molecule has 0 unspecified atom stereocenters. The SMILES string of the molecule is Cc1cc(/C=C/c2cccc(-c3cccc(Nc4nccc5cc(CN6CC[C@@H](O)C6)cnc45)c3C)c2C)c(C(F)(F)F)cc1CN1CCCC1. The zero-order chi connectivity index (χ0) is 35.7. The fourth-order valence-corrected chi connectivity index (χ4v) is 7.50. The highest BCUT2D eigenvalue weighted by molar-refractivity contribution is 5.91. The minimum Gasteiger partial charge on any atom is -0.392 e.